The van der Waals surface area contributed by atoms with Gasteiger partial charge in [-0.25, -0.2) is 4.98 Å². The number of thioether (sulfide) groups is 1. The van der Waals surface area contributed by atoms with Crippen LogP contribution in [0.5, 0.6) is 11.5 Å². The van der Waals surface area contributed by atoms with Gasteiger partial charge in [-0.05, 0) is 35.9 Å². The lowest BCUT2D eigenvalue weighted by Crippen LogP contribution is -2.24. The third kappa shape index (κ3) is 4.12. The van der Waals surface area contributed by atoms with Crippen molar-refractivity contribution in [2.24, 2.45) is 0 Å². The van der Waals surface area contributed by atoms with Crippen molar-refractivity contribution in [3.63, 3.8) is 0 Å². The third-order valence-corrected chi connectivity index (χ3v) is 5.55. The molecule has 0 saturated heterocycles. The Hall–Kier alpha value is -2.51. The number of ether oxygens (including phenoxy) is 1. The number of aromatic nitrogens is 1. The average Bonchev–Trinajstić information content (AvgIpc) is 3.02. The number of nitrogens with zero attached hydrogens (tertiary/aromatic N) is 1. The summed E-state index contributed by atoms with van der Waals surface area (Å²) in [5.74, 6) is -0.926. The van der Waals surface area contributed by atoms with Crippen LogP contribution in [0.25, 0.3) is 21.2 Å². The van der Waals surface area contributed by atoms with Gasteiger partial charge in [0.2, 0.25) is 0 Å². The molecule has 0 aliphatic carbocycles. The van der Waals surface area contributed by atoms with Gasteiger partial charge in [0.25, 0.3) is 0 Å². The molecule has 3 rings (SSSR count). The van der Waals surface area contributed by atoms with Crippen LogP contribution in [-0.2, 0) is 4.79 Å². The van der Waals surface area contributed by atoms with Crippen LogP contribution in [0, 0.1) is 0 Å². The van der Waals surface area contributed by atoms with Gasteiger partial charge in [0.1, 0.15) is 5.01 Å². The van der Waals surface area contributed by atoms with E-state index in [1.54, 1.807) is 24.3 Å². The minimum Gasteiger partial charge on any atom is -0.549 e. The highest BCUT2D eigenvalue weighted by atomic mass is 32.2. The van der Waals surface area contributed by atoms with E-state index in [4.69, 9.17) is 4.74 Å². The highest BCUT2D eigenvalue weighted by Crippen LogP contribution is 2.36. The van der Waals surface area contributed by atoms with Crippen molar-refractivity contribution >= 4 is 50.3 Å². The molecule has 1 N–H and O–H groups in total. The number of carbonyl (C=O) groups excluding carboxylic acids is 1. The molecule has 0 fully saturated rings. The molecule has 3 aromatic rings. The highest BCUT2D eigenvalue weighted by molar-refractivity contribution is 8.09. The van der Waals surface area contributed by atoms with E-state index in [1.807, 2.05) is 24.3 Å². The molecule has 0 radical (unpaired) electrons. The molecule has 25 heavy (non-hydrogen) atoms. The third-order valence-electron chi connectivity index (χ3n) is 3.35. The van der Waals surface area contributed by atoms with Crippen molar-refractivity contribution < 1.29 is 19.7 Å². The van der Waals surface area contributed by atoms with E-state index in [1.165, 1.54) is 18.4 Å². The largest absolute Gasteiger partial charge is 0.549 e. The molecule has 1 heterocycles. The molecule has 0 bridgehead atoms. The molecule has 0 aliphatic heterocycles. The quantitative estimate of drug-likeness (QED) is 0.716. The maximum absolute atomic E-state index is 10.9. The summed E-state index contributed by atoms with van der Waals surface area (Å²) in [5.41, 5.74) is 1.58. The molecule has 7 heteroatoms. The number of carbonyl (C=O) groups is 1. The lowest BCUT2D eigenvalue weighted by Gasteiger charge is -2.07. The van der Waals surface area contributed by atoms with Crippen molar-refractivity contribution in [2.75, 3.05) is 12.9 Å². The molecule has 5 nitrogen and oxygen atoms in total. The Kier molecular flexibility index (Phi) is 5.25. The number of hydrogen-bond donors (Lipinski definition) is 1. The van der Waals surface area contributed by atoms with Crippen LogP contribution in [0.15, 0.2) is 42.5 Å². The number of rotatable bonds is 6. The molecule has 0 atom stereocenters. The Bertz CT molecular complexity index is 916. The second-order valence-corrected chi connectivity index (χ2v) is 7.14. The maximum Gasteiger partial charge on any atom is 0.160 e. The lowest BCUT2D eigenvalue weighted by atomic mass is 10.2. The zero-order valence-electron chi connectivity index (χ0n) is 13.3. The topological polar surface area (TPSA) is 82.5 Å². The summed E-state index contributed by atoms with van der Waals surface area (Å²) in [6.45, 7) is 0. The number of carboxylic acid groups (broad SMARTS) is 1. The van der Waals surface area contributed by atoms with E-state index in [0.717, 1.165) is 32.5 Å². The number of fused-ring (bicyclic) bond motifs is 1. The van der Waals surface area contributed by atoms with Crippen LogP contribution in [-0.4, -0.2) is 28.9 Å². The molecule has 128 valence electrons. The predicted octanol–water partition coefficient (Wildman–Crippen LogP) is 2.99. The summed E-state index contributed by atoms with van der Waals surface area (Å²) in [7, 11) is 1.48. The lowest BCUT2D eigenvalue weighted by molar-refractivity contribution is -0.301. The van der Waals surface area contributed by atoms with Gasteiger partial charge in [0.05, 0.1) is 23.3 Å². The number of para-hydroxylation sites is 1. The van der Waals surface area contributed by atoms with Gasteiger partial charge in [-0.2, -0.15) is 0 Å². The molecular formula is C18H14NO4S2-. The van der Waals surface area contributed by atoms with Crippen molar-refractivity contribution in [2.45, 2.75) is 0 Å². The molecule has 0 saturated carbocycles. The number of phenolic OH excluding ortho intramolecular Hbond substituents is 1. The van der Waals surface area contributed by atoms with Crippen molar-refractivity contribution in [1.29, 1.82) is 0 Å². The summed E-state index contributed by atoms with van der Waals surface area (Å²) in [6, 6.07) is 12.7. The summed E-state index contributed by atoms with van der Waals surface area (Å²) in [5, 5.41) is 21.5. The van der Waals surface area contributed by atoms with E-state index < -0.39 is 5.97 Å². The second-order valence-electron chi connectivity index (χ2n) is 5.09. The monoisotopic (exact) mass is 372 g/mol. The van der Waals surface area contributed by atoms with Crippen molar-refractivity contribution in [3.05, 3.63) is 53.0 Å². The fourth-order valence-corrected chi connectivity index (χ4v) is 4.07. The van der Waals surface area contributed by atoms with Crippen LogP contribution >= 0.6 is 23.1 Å². The molecule has 0 spiro atoms. The first kappa shape index (κ1) is 17.3. The number of hydrogen-bond acceptors (Lipinski definition) is 7. The van der Waals surface area contributed by atoms with Crippen LogP contribution in [0.3, 0.4) is 0 Å². The second kappa shape index (κ2) is 7.58. The zero-order valence-corrected chi connectivity index (χ0v) is 14.9. The van der Waals surface area contributed by atoms with Crippen LogP contribution in [0.4, 0.5) is 0 Å². The van der Waals surface area contributed by atoms with Gasteiger partial charge < -0.3 is 19.7 Å². The normalized spacial score (nSPS) is 11.6. The van der Waals surface area contributed by atoms with E-state index in [2.05, 4.69) is 4.98 Å². The Balaban J connectivity index is 2.01. The van der Waals surface area contributed by atoms with Gasteiger partial charge in [0, 0.05) is 10.7 Å². The van der Waals surface area contributed by atoms with Gasteiger partial charge >= 0.3 is 0 Å². The number of phenols is 1. The van der Waals surface area contributed by atoms with Gasteiger partial charge in [-0.1, -0.05) is 18.2 Å². The van der Waals surface area contributed by atoms with E-state index >= 15 is 0 Å². The maximum atomic E-state index is 10.9. The molecule has 0 amide bonds. The fourth-order valence-electron chi connectivity index (χ4n) is 2.23. The molecular weight excluding hydrogens is 358 g/mol. The summed E-state index contributed by atoms with van der Waals surface area (Å²) in [4.78, 5) is 16.1. The first-order valence-electron chi connectivity index (χ1n) is 7.34. The molecule has 0 unspecified atom stereocenters. The standard InChI is InChI=1S/C18H15NO4S2/c1-23-14-7-6-11(8-13(14)20)9-16(24-10-17(21)22)18-19-12-4-2-3-5-15(12)25-18/h2-9,20H,10H2,1H3,(H,21,22)/p-1/b16-9-. The number of aromatic hydroxyl groups is 1. The molecule has 0 aliphatic rings. The van der Waals surface area contributed by atoms with Crippen molar-refractivity contribution in [3.8, 4) is 11.5 Å². The van der Waals surface area contributed by atoms with E-state index in [-0.39, 0.29) is 11.5 Å². The van der Waals surface area contributed by atoms with Gasteiger partial charge in [0.15, 0.2) is 11.5 Å². The first-order valence-corrected chi connectivity index (χ1v) is 9.14. The zero-order chi connectivity index (χ0) is 17.8. The summed E-state index contributed by atoms with van der Waals surface area (Å²) in [6.07, 6.45) is 1.80. The number of carboxylic acids is 1. The number of aliphatic carboxylic acids is 1. The Labute approximate surface area is 152 Å². The number of methoxy groups -OCH3 is 1. The minimum atomic E-state index is -1.14. The Morgan fingerprint density at radius 3 is 2.84 bits per heavy atom. The first-order chi connectivity index (χ1) is 12.1. The SMILES string of the molecule is COc1ccc(/C=C(\SCC(=O)[O-])c2nc3ccccc3s2)cc1O. The van der Waals surface area contributed by atoms with Crippen molar-refractivity contribution in [1.82, 2.24) is 4.98 Å². The Morgan fingerprint density at radius 2 is 2.16 bits per heavy atom. The van der Waals surface area contributed by atoms with E-state index in [9.17, 15) is 15.0 Å². The molecule has 2 aromatic carbocycles. The fraction of sp³-hybridized carbons (Fsp3) is 0.111. The number of benzene rings is 2. The Morgan fingerprint density at radius 1 is 1.36 bits per heavy atom. The highest BCUT2D eigenvalue weighted by Gasteiger charge is 2.11. The van der Waals surface area contributed by atoms with Crippen LogP contribution < -0.4 is 9.84 Å². The van der Waals surface area contributed by atoms with E-state index in [0.29, 0.717) is 10.7 Å². The predicted molar refractivity (Wildman–Crippen MR) is 99.6 cm³/mol. The van der Waals surface area contributed by atoms with Gasteiger partial charge in [-0.3, -0.25) is 0 Å². The average molecular weight is 372 g/mol. The van der Waals surface area contributed by atoms with Crippen LogP contribution in [0.2, 0.25) is 0 Å². The van der Waals surface area contributed by atoms with Gasteiger partial charge in [-0.15, -0.1) is 23.1 Å². The van der Waals surface area contributed by atoms with Crippen LogP contribution in [0.1, 0.15) is 10.6 Å². The summed E-state index contributed by atoms with van der Waals surface area (Å²) < 4.78 is 6.06. The smallest absolute Gasteiger partial charge is 0.160 e. The molecule has 1 aromatic heterocycles. The minimum absolute atomic E-state index is 0.0183. The number of thiazole rings is 1. The summed E-state index contributed by atoms with van der Waals surface area (Å²) >= 11 is 2.63.